The highest BCUT2D eigenvalue weighted by atomic mass is 16.5. The van der Waals surface area contributed by atoms with Crippen LogP contribution in [-0.4, -0.2) is 29.5 Å². The summed E-state index contributed by atoms with van der Waals surface area (Å²) in [6.45, 7) is 4.84. The molecule has 3 heteroatoms. The van der Waals surface area contributed by atoms with Crippen molar-refractivity contribution < 1.29 is 9.84 Å². The molecule has 0 heterocycles. The molecular formula is C12H25NO2. The maximum absolute atomic E-state index is 9.51. The molecule has 0 saturated heterocycles. The van der Waals surface area contributed by atoms with Gasteiger partial charge in [-0.05, 0) is 33.1 Å². The summed E-state index contributed by atoms with van der Waals surface area (Å²) < 4.78 is 5.57. The molecule has 15 heavy (non-hydrogen) atoms. The van der Waals surface area contributed by atoms with Crippen molar-refractivity contribution in [1.29, 1.82) is 0 Å². The second-order valence-corrected chi connectivity index (χ2v) is 5.54. The van der Waals surface area contributed by atoms with E-state index in [9.17, 15) is 5.11 Å². The van der Waals surface area contributed by atoms with Gasteiger partial charge in [0.25, 0.3) is 0 Å². The number of hydrogen-bond acceptors (Lipinski definition) is 3. The minimum atomic E-state index is -0.631. The molecule has 3 N–H and O–H groups in total. The summed E-state index contributed by atoms with van der Waals surface area (Å²) >= 11 is 0. The van der Waals surface area contributed by atoms with Crippen LogP contribution in [0.25, 0.3) is 0 Å². The van der Waals surface area contributed by atoms with Crippen LogP contribution in [0.4, 0.5) is 0 Å². The molecule has 0 bridgehead atoms. The average Bonchev–Trinajstić information content (AvgIpc) is 2.12. The average molecular weight is 215 g/mol. The van der Waals surface area contributed by atoms with Gasteiger partial charge in [0.1, 0.15) is 0 Å². The standard InChI is InChI=1S/C12H25NO2/c1-11(2,14)8-9-15-10-12(13)6-4-3-5-7-12/h14H,3-10,13H2,1-2H3. The Morgan fingerprint density at radius 3 is 2.40 bits per heavy atom. The number of rotatable bonds is 5. The predicted octanol–water partition coefficient (Wildman–Crippen LogP) is 1.83. The van der Waals surface area contributed by atoms with Crippen molar-refractivity contribution >= 4 is 0 Å². The van der Waals surface area contributed by atoms with E-state index in [1.807, 2.05) is 0 Å². The van der Waals surface area contributed by atoms with Crippen LogP contribution >= 0.6 is 0 Å². The summed E-state index contributed by atoms with van der Waals surface area (Å²) in [7, 11) is 0. The van der Waals surface area contributed by atoms with Crippen LogP contribution in [0, 0.1) is 0 Å². The monoisotopic (exact) mass is 215 g/mol. The number of ether oxygens (including phenoxy) is 1. The summed E-state index contributed by atoms with van der Waals surface area (Å²) in [5.41, 5.74) is 5.49. The molecule has 0 aromatic heterocycles. The van der Waals surface area contributed by atoms with Crippen LogP contribution < -0.4 is 5.73 Å². The lowest BCUT2D eigenvalue weighted by Crippen LogP contribution is -2.46. The first-order valence-electron chi connectivity index (χ1n) is 6.00. The molecule has 1 aliphatic rings. The third-order valence-electron chi connectivity index (χ3n) is 3.10. The summed E-state index contributed by atoms with van der Waals surface area (Å²) in [4.78, 5) is 0. The van der Waals surface area contributed by atoms with E-state index in [4.69, 9.17) is 10.5 Å². The second-order valence-electron chi connectivity index (χ2n) is 5.54. The van der Waals surface area contributed by atoms with Crippen LogP contribution in [0.3, 0.4) is 0 Å². The topological polar surface area (TPSA) is 55.5 Å². The molecule has 1 aliphatic carbocycles. The zero-order chi connectivity index (χ0) is 11.4. The maximum Gasteiger partial charge on any atom is 0.0646 e. The van der Waals surface area contributed by atoms with Gasteiger partial charge < -0.3 is 15.6 Å². The molecule has 0 spiro atoms. The molecule has 1 rings (SSSR count). The smallest absolute Gasteiger partial charge is 0.0646 e. The van der Waals surface area contributed by atoms with E-state index in [0.29, 0.717) is 19.6 Å². The van der Waals surface area contributed by atoms with Crippen LogP contribution in [0.2, 0.25) is 0 Å². The molecular weight excluding hydrogens is 190 g/mol. The fraction of sp³-hybridized carbons (Fsp3) is 1.00. The van der Waals surface area contributed by atoms with Crippen molar-refractivity contribution in [3.8, 4) is 0 Å². The molecule has 0 aromatic carbocycles. The van der Waals surface area contributed by atoms with Gasteiger partial charge in [0.15, 0.2) is 0 Å². The fourth-order valence-electron chi connectivity index (χ4n) is 2.00. The Bertz CT molecular complexity index is 181. The van der Waals surface area contributed by atoms with E-state index in [2.05, 4.69) is 0 Å². The maximum atomic E-state index is 9.51. The summed E-state index contributed by atoms with van der Waals surface area (Å²) in [5, 5.41) is 9.51. The highest BCUT2D eigenvalue weighted by Gasteiger charge is 2.27. The van der Waals surface area contributed by atoms with Crippen molar-refractivity contribution in [2.75, 3.05) is 13.2 Å². The third kappa shape index (κ3) is 5.50. The van der Waals surface area contributed by atoms with E-state index in [1.165, 1.54) is 19.3 Å². The number of hydrogen-bond donors (Lipinski definition) is 2. The van der Waals surface area contributed by atoms with Crippen LogP contribution in [0.15, 0.2) is 0 Å². The molecule has 3 nitrogen and oxygen atoms in total. The third-order valence-corrected chi connectivity index (χ3v) is 3.10. The van der Waals surface area contributed by atoms with Gasteiger partial charge in [-0.3, -0.25) is 0 Å². The zero-order valence-corrected chi connectivity index (χ0v) is 10.1. The summed E-state index contributed by atoms with van der Waals surface area (Å²) in [5.74, 6) is 0. The Morgan fingerprint density at radius 1 is 1.27 bits per heavy atom. The van der Waals surface area contributed by atoms with Gasteiger partial charge >= 0.3 is 0 Å². The first kappa shape index (κ1) is 12.9. The van der Waals surface area contributed by atoms with Gasteiger partial charge in [0.05, 0.1) is 12.2 Å². The van der Waals surface area contributed by atoms with Gasteiger partial charge in [0.2, 0.25) is 0 Å². The van der Waals surface area contributed by atoms with E-state index in [0.717, 1.165) is 12.8 Å². The van der Waals surface area contributed by atoms with Gasteiger partial charge in [-0.2, -0.15) is 0 Å². The molecule has 0 radical (unpaired) electrons. The first-order valence-corrected chi connectivity index (χ1v) is 6.00. The molecule has 0 unspecified atom stereocenters. The van der Waals surface area contributed by atoms with Crippen LogP contribution in [0.1, 0.15) is 52.4 Å². The lowest BCUT2D eigenvalue weighted by molar-refractivity contribution is 0.0101. The van der Waals surface area contributed by atoms with E-state index in [-0.39, 0.29) is 5.54 Å². The Balaban J connectivity index is 2.13. The lowest BCUT2D eigenvalue weighted by Gasteiger charge is -2.33. The van der Waals surface area contributed by atoms with Crippen molar-refractivity contribution in [2.24, 2.45) is 5.73 Å². The van der Waals surface area contributed by atoms with Gasteiger partial charge in [-0.25, -0.2) is 0 Å². The van der Waals surface area contributed by atoms with Crippen LogP contribution in [0.5, 0.6) is 0 Å². The molecule has 0 aromatic rings. The van der Waals surface area contributed by atoms with Crippen molar-refractivity contribution in [2.45, 2.75) is 63.5 Å². The number of nitrogens with two attached hydrogens (primary N) is 1. The Kier molecular flexibility index (Phi) is 4.56. The van der Waals surface area contributed by atoms with E-state index in [1.54, 1.807) is 13.8 Å². The SMILES string of the molecule is CC(C)(O)CCOCC1(N)CCCCC1. The highest BCUT2D eigenvalue weighted by Crippen LogP contribution is 2.26. The first-order chi connectivity index (χ1) is 6.91. The Hall–Kier alpha value is -0.120. The van der Waals surface area contributed by atoms with Crippen molar-refractivity contribution in [1.82, 2.24) is 0 Å². The Morgan fingerprint density at radius 2 is 1.87 bits per heavy atom. The summed E-state index contributed by atoms with van der Waals surface area (Å²) in [6, 6.07) is 0. The normalized spacial score (nSPS) is 21.6. The zero-order valence-electron chi connectivity index (χ0n) is 10.1. The molecule has 1 saturated carbocycles. The van der Waals surface area contributed by atoms with Gasteiger partial charge in [-0.15, -0.1) is 0 Å². The van der Waals surface area contributed by atoms with Gasteiger partial charge in [0, 0.05) is 12.1 Å². The molecule has 0 amide bonds. The molecule has 1 fully saturated rings. The van der Waals surface area contributed by atoms with Crippen LogP contribution in [-0.2, 0) is 4.74 Å². The molecule has 0 aliphatic heterocycles. The Labute approximate surface area is 93.0 Å². The van der Waals surface area contributed by atoms with E-state index < -0.39 is 5.60 Å². The quantitative estimate of drug-likeness (QED) is 0.688. The largest absolute Gasteiger partial charge is 0.390 e. The fourth-order valence-corrected chi connectivity index (χ4v) is 2.00. The minimum Gasteiger partial charge on any atom is -0.390 e. The van der Waals surface area contributed by atoms with Gasteiger partial charge in [-0.1, -0.05) is 19.3 Å². The molecule has 0 atom stereocenters. The highest BCUT2D eigenvalue weighted by molar-refractivity contribution is 4.87. The van der Waals surface area contributed by atoms with Crippen molar-refractivity contribution in [3.05, 3.63) is 0 Å². The van der Waals surface area contributed by atoms with E-state index >= 15 is 0 Å². The second kappa shape index (κ2) is 5.28. The predicted molar refractivity (Wildman–Crippen MR) is 61.7 cm³/mol. The number of aliphatic hydroxyl groups is 1. The molecule has 90 valence electrons. The lowest BCUT2D eigenvalue weighted by atomic mass is 9.83. The minimum absolute atomic E-state index is 0.0994. The van der Waals surface area contributed by atoms with Crippen molar-refractivity contribution in [3.63, 3.8) is 0 Å². The summed E-state index contributed by atoms with van der Waals surface area (Å²) in [6.07, 6.45) is 6.59.